The van der Waals surface area contributed by atoms with Gasteiger partial charge in [0.05, 0.1) is 24.6 Å². The molecule has 1 fully saturated rings. The molecule has 1 amide bonds. The smallest absolute Gasteiger partial charge is 0.269 e. The third-order valence-electron chi connectivity index (χ3n) is 4.80. The summed E-state index contributed by atoms with van der Waals surface area (Å²) in [6, 6.07) is 0. The summed E-state index contributed by atoms with van der Waals surface area (Å²) in [5.41, 5.74) is 1.81. The molecule has 1 aliphatic rings. The molecular weight excluding hydrogens is 426 g/mol. The van der Waals surface area contributed by atoms with E-state index in [9.17, 15) is 4.79 Å². The van der Waals surface area contributed by atoms with Gasteiger partial charge in [-0.2, -0.15) is 0 Å². The third kappa shape index (κ3) is 4.53. The maximum absolute atomic E-state index is 12.7. The highest BCUT2D eigenvalue weighted by Gasteiger charge is 2.23. The van der Waals surface area contributed by atoms with Crippen LogP contribution in [-0.2, 0) is 9.47 Å². The van der Waals surface area contributed by atoms with Gasteiger partial charge in [0.2, 0.25) is 5.88 Å². The molecular formula is C19H23N5O4S2. The van der Waals surface area contributed by atoms with Gasteiger partial charge in [-0.1, -0.05) is 22.7 Å². The lowest BCUT2D eigenvalue weighted by Crippen LogP contribution is -2.14. The molecule has 3 aromatic rings. The van der Waals surface area contributed by atoms with Gasteiger partial charge in [0.15, 0.2) is 10.3 Å². The van der Waals surface area contributed by atoms with Crippen molar-refractivity contribution < 1.29 is 19.0 Å². The number of carbonyl (C=O) groups excluding carboxylic acids is 1. The lowest BCUT2D eigenvalue weighted by molar-refractivity contribution is 0.0855. The highest BCUT2D eigenvalue weighted by atomic mass is 32.1. The highest BCUT2D eigenvalue weighted by Crippen LogP contribution is 2.39. The fourth-order valence-electron chi connectivity index (χ4n) is 3.29. The molecule has 11 heteroatoms. The topological polar surface area (TPSA) is 107 Å². The summed E-state index contributed by atoms with van der Waals surface area (Å²) < 4.78 is 16.9. The Hall–Kier alpha value is -2.34. The molecule has 0 aliphatic carbocycles. The van der Waals surface area contributed by atoms with Crippen molar-refractivity contribution in [3.8, 4) is 5.88 Å². The van der Waals surface area contributed by atoms with Gasteiger partial charge < -0.3 is 19.5 Å². The van der Waals surface area contributed by atoms with E-state index in [4.69, 9.17) is 14.2 Å². The van der Waals surface area contributed by atoms with Crippen LogP contribution in [0.5, 0.6) is 5.88 Å². The first kappa shape index (κ1) is 20.9. The summed E-state index contributed by atoms with van der Waals surface area (Å²) in [4.78, 5) is 26.4. The van der Waals surface area contributed by atoms with Gasteiger partial charge in [0, 0.05) is 33.1 Å². The summed E-state index contributed by atoms with van der Waals surface area (Å²) in [6.45, 7) is 2.68. The van der Waals surface area contributed by atoms with Crippen molar-refractivity contribution in [3.63, 3.8) is 0 Å². The molecule has 0 unspecified atom stereocenters. The van der Waals surface area contributed by atoms with Crippen molar-refractivity contribution in [2.24, 2.45) is 0 Å². The number of pyridine rings is 1. The number of aromatic nitrogens is 3. The number of carbonyl (C=O) groups is 1. The van der Waals surface area contributed by atoms with Gasteiger partial charge in [-0.25, -0.2) is 15.0 Å². The first-order chi connectivity index (χ1) is 14.7. The Morgan fingerprint density at radius 1 is 1.20 bits per heavy atom. The summed E-state index contributed by atoms with van der Waals surface area (Å²) in [5, 5.41) is 7.19. The molecule has 3 aromatic heterocycles. The van der Waals surface area contributed by atoms with Crippen molar-refractivity contribution in [3.05, 3.63) is 22.8 Å². The second kappa shape index (κ2) is 9.65. The molecule has 30 heavy (non-hydrogen) atoms. The van der Waals surface area contributed by atoms with Gasteiger partial charge in [-0.05, 0) is 24.3 Å². The molecule has 2 N–H and O–H groups in total. The minimum atomic E-state index is -0.245. The summed E-state index contributed by atoms with van der Waals surface area (Å²) in [6.07, 6.45) is 5.31. The molecule has 0 radical (unpaired) electrons. The number of nitrogens with one attached hydrogen (secondary N) is 2. The van der Waals surface area contributed by atoms with Crippen LogP contribution in [0.1, 0.15) is 34.0 Å². The first-order valence-electron chi connectivity index (χ1n) is 9.60. The van der Waals surface area contributed by atoms with Gasteiger partial charge in [0.25, 0.3) is 5.91 Å². The Kier molecular flexibility index (Phi) is 6.72. The molecule has 1 aliphatic heterocycles. The maximum atomic E-state index is 12.7. The van der Waals surface area contributed by atoms with Crippen molar-refractivity contribution in [1.29, 1.82) is 0 Å². The Morgan fingerprint density at radius 2 is 2.03 bits per heavy atom. The van der Waals surface area contributed by atoms with E-state index in [0.717, 1.165) is 36.3 Å². The zero-order valence-corrected chi connectivity index (χ0v) is 18.4. The van der Waals surface area contributed by atoms with Crippen LogP contribution in [0.2, 0.25) is 0 Å². The first-order valence-corrected chi connectivity index (χ1v) is 11.2. The summed E-state index contributed by atoms with van der Waals surface area (Å²) in [7, 11) is 3.21. The summed E-state index contributed by atoms with van der Waals surface area (Å²) in [5.74, 6) is 0.580. The van der Waals surface area contributed by atoms with Crippen LogP contribution in [-0.4, -0.2) is 61.4 Å². The Balaban J connectivity index is 1.55. The minimum Gasteiger partial charge on any atom is -0.479 e. The zero-order chi connectivity index (χ0) is 20.9. The minimum absolute atomic E-state index is 0.245. The molecule has 0 atom stereocenters. The highest BCUT2D eigenvalue weighted by molar-refractivity contribution is 7.22. The van der Waals surface area contributed by atoms with E-state index in [-0.39, 0.29) is 5.91 Å². The zero-order valence-electron chi connectivity index (χ0n) is 16.8. The average molecular weight is 450 g/mol. The second-order valence-electron chi connectivity index (χ2n) is 6.71. The van der Waals surface area contributed by atoms with Crippen molar-refractivity contribution in [2.45, 2.75) is 18.8 Å². The van der Waals surface area contributed by atoms with Gasteiger partial charge in [-0.15, -0.1) is 0 Å². The Morgan fingerprint density at radius 3 is 2.80 bits per heavy atom. The lowest BCUT2D eigenvalue weighted by Gasteiger charge is -2.22. The lowest BCUT2D eigenvalue weighted by atomic mass is 9.93. The third-order valence-corrected chi connectivity index (χ3v) is 6.77. The van der Waals surface area contributed by atoms with Crippen molar-refractivity contribution in [2.75, 3.05) is 51.2 Å². The van der Waals surface area contributed by atoms with Crippen LogP contribution in [0.4, 0.5) is 10.3 Å². The van der Waals surface area contributed by atoms with Crippen molar-refractivity contribution in [1.82, 2.24) is 15.0 Å². The molecule has 9 nitrogen and oxygen atoms in total. The quantitative estimate of drug-likeness (QED) is 0.504. The maximum Gasteiger partial charge on any atom is 0.269 e. The SMILES string of the molecule is COCCNc1ncc(C(=O)Nc2nc3c(OC)ncc(C4CCOCC4)c3s2)s1. The number of fused-ring (bicyclic) bond motifs is 1. The van der Waals surface area contributed by atoms with Gasteiger partial charge in [-0.3, -0.25) is 10.1 Å². The standard InChI is InChI=1S/C19H23N5O4S2/c1-26-8-5-20-18-22-10-13(29-18)16(25)24-19-23-14-15(30-19)12(9-21-17(14)27-2)11-3-6-28-7-4-11/h9-11H,3-8H2,1-2H3,(H,20,22)(H,23,24,25). The number of amides is 1. The number of hydrogen-bond donors (Lipinski definition) is 2. The fraction of sp³-hybridized carbons (Fsp3) is 0.474. The number of thiazole rings is 2. The Labute approximate surface area is 181 Å². The van der Waals surface area contributed by atoms with Gasteiger partial charge >= 0.3 is 0 Å². The predicted molar refractivity (Wildman–Crippen MR) is 117 cm³/mol. The molecule has 0 bridgehead atoms. The normalized spacial score (nSPS) is 14.7. The molecule has 4 rings (SSSR count). The van der Waals surface area contributed by atoms with E-state index < -0.39 is 0 Å². The van der Waals surface area contributed by atoms with E-state index in [1.54, 1.807) is 20.4 Å². The molecule has 0 aromatic carbocycles. The van der Waals surface area contributed by atoms with E-state index in [1.807, 2.05) is 6.20 Å². The predicted octanol–water partition coefficient (Wildman–Crippen LogP) is 3.36. The number of hydrogen-bond acceptors (Lipinski definition) is 10. The molecule has 1 saturated heterocycles. The molecule has 4 heterocycles. The van der Waals surface area contributed by atoms with Crippen LogP contribution < -0.4 is 15.4 Å². The molecule has 160 valence electrons. The monoisotopic (exact) mass is 449 g/mol. The Bertz CT molecular complexity index is 1020. The van der Waals surface area contributed by atoms with E-state index in [0.29, 0.717) is 45.6 Å². The average Bonchev–Trinajstić information content (AvgIpc) is 3.41. The molecule has 0 spiro atoms. The number of anilines is 2. The summed E-state index contributed by atoms with van der Waals surface area (Å²) >= 11 is 2.73. The number of nitrogens with zero attached hydrogens (tertiary/aromatic N) is 3. The molecule has 0 saturated carbocycles. The van der Waals surface area contributed by atoms with E-state index in [1.165, 1.54) is 22.7 Å². The number of rotatable bonds is 8. The van der Waals surface area contributed by atoms with Crippen LogP contribution in [0.15, 0.2) is 12.4 Å². The number of methoxy groups -OCH3 is 2. The second-order valence-corrected chi connectivity index (χ2v) is 8.74. The van der Waals surface area contributed by atoms with Crippen molar-refractivity contribution >= 4 is 49.1 Å². The van der Waals surface area contributed by atoms with E-state index >= 15 is 0 Å². The van der Waals surface area contributed by atoms with Gasteiger partial charge in [0.1, 0.15) is 10.4 Å². The fourth-order valence-corrected chi connectivity index (χ4v) is 5.07. The largest absolute Gasteiger partial charge is 0.479 e. The van der Waals surface area contributed by atoms with E-state index in [2.05, 4.69) is 25.6 Å². The van der Waals surface area contributed by atoms with Crippen LogP contribution in [0.3, 0.4) is 0 Å². The number of ether oxygens (including phenoxy) is 3. The van der Waals surface area contributed by atoms with Crippen LogP contribution in [0, 0.1) is 0 Å². The van der Waals surface area contributed by atoms with Crippen LogP contribution in [0.25, 0.3) is 10.2 Å². The van der Waals surface area contributed by atoms with Crippen LogP contribution >= 0.6 is 22.7 Å².